The van der Waals surface area contributed by atoms with Gasteiger partial charge in [0.1, 0.15) is 16.4 Å². The predicted octanol–water partition coefficient (Wildman–Crippen LogP) is 4.18. The zero-order valence-electron chi connectivity index (χ0n) is 13.0. The first-order valence-corrected chi connectivity index (χ1v) is 8.56. The summed E-state index contributed by atoms with van der Waals surface area (Å²) in [6, 6.07) is 6.27. The van der Waals surface area contributed by atoms with E-state index in [2.05, 4.69) is 0 Å². The maximum absolute atomic E-state index is 12.8. The highest BCUT2D eigenvalue weighted by Gasteiger charge is 2.31. The zero-order valence-corrected chi connectivity index (χ0v) is 14.6. The van der Waals surface area contributed by atoms with Gasteiger partial charge in [-0.25, -0.2) is 8.42 Å². The van der Waals surface area contributed by atoms with Crippen LogP contribution >= 0.6 is 11.6 Å². The van der Waals surface area contributed by atoms with Crippen LogP contribution in [0.3, 0.4) is 0 Å². The van der Waals surface area contributed by atoms with Crippen molar-refractivity contribution < 1.29 is 31.1 Å². The molecule has 25 heavy (non-hydrogen) atoms. The van der Waals surface area contributed by atoms with Gasteiger partial charge in [-0.05, 0) is 30.3 Å². The molecule has 0 aromatic heterocycles. The Labute approximate surface area is 147 Å². The number of hydrogen-bond donors (Lipinski definition) is 1. The van der Waals surface area contributed by atoms with Crippen LogP contribution in [0, 0.1) is 0 Å². The van der Waals surface area contributed by atoms with Crippen LogP contribution in [-0.2, 0) is 16.2 Å². The molecule has 0 amide bonds. The molecule has 0 heterocycles. The van der Waals surface area contributed by atoms with Gasteiger partial charge in [-0.3, -0.25) is 4.72 Å². The lowest BCUT2D eigenvalue weighted by atomic mass is 10.2. The van der Waals surface area contributed by atoms with Crippen LogP contribution in [0.5, 0.6) is 11.5 Å². The van der Waals surface area contributed by atoms with Crippen molar-refractivity contribution in [2.45, 2.75) is 11.1 Å². The molecule has 0 aliphatic rings. The lowest BCUT2D eigenvalue weighted by Gasteiger charge is -2.15. The van der Waals surface area contributed by atoms with Crippen molar-refractivity contribution in [2.75, 3.05) is 18.9 Å². The van der Waals surface area contributed by atoms with Gasteiger partial charge in [0.05, 0.1) is 30.5 Å². The van der Waals surface area contributed by atoms with Crippen LogP contribution in [0.2, 0.25) is 5.02 Å². The van der Waals surface area contributed by atoms with E-state index in [0.717, 1.165) is 12.1 Å². The minimum atomic E-state index is -4.64. The fraction of sp³-hybridized carbons (Fsp3) is 0.200. The summed E-state index contributed by atoms with van der Waals surface area (Å²) < 4.78 is 75.5. The molecular formula is C15H13ClF3NO4S. The number of ether oxygens (including phenoxy) is 2. The Morgan fingerprint density at radius 3 is 2.28 bits per heavy atom. The van der Waals surface area contributed by atoms with Crippen LogP contribution in [0.1, 0.15) is 5.56 Å². The van der Waals surface area contributed by atoms with E-state index in [1.54, 1.807) is 0 Å². The largest absolute Gasteiger partial charge is 0.497 e. The summed E-state index contributed by atoms with van der Waals surface area (Å²) in [4.78, 5) is -0.274. The summed E-state index contributed by atoms with van der Waals surface area (Å²) in [6.07, 6.45) is -4.64. The topological polar surface area (TPSA) is 64.6 Å². The van der Waals surface area contributed by atoms with E-state index < -0.39 is 27.5 Å². The van der Waals surface area contributed by atoms with Gasteiger partial charge in [-0.1, -0.05) is 11.6 Å². The fourth-order valence-electron chi connectivity index (χ4n) is 1.98. The molecule has 2 aromatic carbocycles. The highest BCUT2D eigenvalue weighted by Crippen LogP contribution is 2.36. The summed E-state index contributed by atoms with van der Waals surface area (Å²) in [6.45, 7) is 0. The molecule has 2 rings (SSSR count). The number of benzene rings is 2. The maximum Gasteiger partial charge on any atom is 0.416 e. The monoisotopic (exact) mass is 395 g/mol. The average molecular weight is 396 g/mol. The van der Waals surface area contributed by atoms with Crippen molar-refractivity contribution in [1.82, 2.24) is 0 Å². The number of nitrogens with one attached hydrogen (secondary N) is 1. The number of anilines is 1. The van der Waals surface area contributed by atoms with Crippen molar-refractivity contribution >= 4 is 27.3 Å². The minimum absolute atomic E-state index is 0.0325. The number of rotatable bonds is 5. The van der Waals surface area contributed by atoms with Gasteiger partial charge in [0.2, 0.25) is 0 Å². The molecule has 0 radical (unpaired) electrons. The first kappa shape index (κ1) is 19.2. The molecule has 0 spiro atoms. The highest BCUT2D eigenvalue weighted by atomic mass is 35.5. The van der Waals surface area contributed by atoms with Gasteiger partial charge in [0, 0.05) is 6.07 Å². The van der Waals surface area contributed by atoms with E-state index in [-0.39, 0.29) is 15.7 Å². The fourth-order valence-corrected chi connectivity index (χ4v) is 3.42. The second-order valence-electron chi connectivity index (χ2n) is 4.81. The number of alkyl halides is 3. The molecule has 0 atom stereocenters. The average Bonchev–Trinajstić information content (AvgIpc) is 2.54. The quantitative estimate of drug-likeness (QED) is 0.825. The lowest BCUT2D eigenvalue weighted by molar-refractivity contribution is -0.137. The predicted molar refractivity (Wildman–Crippen MR) is 86.8 cm³/mol. The van der Waals surface area contributed by atoms with Crippen molar-refractivity contribution in [1.29, 1.82) is 0 Å². The maximum atomic E-state index is 12.8. The Morgan fingerprint density at radius 2 is 1.72 bits per heavy atom. The highest BCUT2D eigenvalue weighted by molar-refractivity contribution is 7.92. The van der Waals surface area contributed by atoms with Gasteiger partial charge in [-0.2, -0.15) is 13.2 Å². The smallest absolute Gasteiger partial charge is 0.416 e. The van der Waals surface area contributed by atoms with Crippen LogP contribution in [0.15, 0.2) is 41.3 Å². The first-order valence-electron chi connectivity index (χ1n) is 6.70. The Bertz CT molecular complexity index is 885. The van der Waals surface area contributed by atoms with Gasteiger partial charge < -0.3 is 9.47 Å². The second-order valence-corrected chi connectivity index (χ2v) is 6.87. The molecular weight excluding hydrogens is 383 g/mol. The molecule has 0 saturated heterocycles. The van der Waals surface area contributed by atoms with Crippen molar-refractivity contribution in [2.24, 2.45) is 0 Å². The van der Waals surface area contributed by atoms with E-state index in [4.69, 9.17) is 21.1 Å². The first-order chi connectivity index (χ1) is 11.6. The van der Waals surface area contributed by atoms with Gasteiger partial charge in [0.15, 0.2) is 0 Å². The van der Waals surface area contributed by atoms with E-state index in [9.17, 15) is 21.6 Å². The molecule has 0 aliphatic carbocycles. The second kappa shape index (κ2) is 7.01. The summed E-state index contributed by atoms with van der Waals surface area (Å²) in [5.41, 5.74) is -1.43. The zero-order chi connectivity index (χ0) is 18.8. The molecule has 10 heteroatoms. The Hall–Kier alpha value is -2.13. The number of sulfonamides is 1. The van der Waals surface area contributed by atoms with Gasteiger partial charge in [-0.15, -0.1) is 0 Å². The van der Waals surface area contributed by atoms with Crippen LogP contribution < -0.4 is 14.2 Å². The van der Waals surface area contributed by atoms with Gasteiger partial charge in [0.25, 0.3) is 10.0 Å². The van der Waals surface area contributed by atoms with Crippen molar-refractivity contribution in [3.63, 3.8) is 0 Å². The lowest BCUT2D eigenvalue weighted by Crippen LogP contribution is -2.15. The SMILES string of the molecule is COc1ccc(S(=O)(=O)Nc2cc(C(F)(F)F)ccc2Cl)c(OC)c1. The van der Waals surface area contributed by atoms with Gasteiger partial charge >= 0.3 is 6.18 Å². The minimum Gasteiger partial charge on any atom is -0.497 e. The molecule has 0 aliphatic heterocycles. The Balaban J connectivity index is 2.46. The van der Waals surface area contributed by atoms with E-state index >= 15 is 0 Å². The number of hydrogen-bond acceptors (Lipinski definition) is 4. The molecule has 1 N–H and O–H groups in total. The Morgan fingerprint density at radius 1 is 1.04 bits per heavy atom. The molecule has 5 nitrogen and oxygen atoms in total. The molecule has 0 unspecified atom stereocenters. The molecule has 0 saturated carbocycles. The van der Waals surface area contributed by atoms with E-state index in [1.165, 1.54) is 32.4 Å². The summed E-state index contributed by atoms with van der Waals surface area (Å²) in [7, 11) is -1.60. The standard InChI is InChI=1S/C15H13ClF3NO4S/c1-23-10-4-6-14(13(8-10)24-2)25(21,22)20-12-7-9(15(17,18)19)3-5-11(12)16/h3-8,20H,1-2H3. The molecule has 136 valence electrons. The molecule has 2 aromatic rings. The number of halogens is 4. The van der Waals surface area contributed by atoms with E-state index in [0.29, 0.717) is 11.8 Å². The summed E-state index contributed by atoms with van der Waals surface area (Å²) in [5, 5.41) is -0.177. The third-order valence-corrected chi connectivity index (χ3v) is 4.93. The molecule has 0 fully saturated rings. The van der Waals surface area contributed by atoms with Crippen LogP contribution in [-0.4, -0.2) is 22.6 Å². The third-order valence-electron chi connectivity index (χ3n) is 3.20. The van der Waals surface area contributed by atoms with Crippen LogP contribution in [0.4, 0.5) is 18.9 Å². The summed E-state index contributed by atoms with van der Waals surface area (Å²) in [5.74, 6) is 0.322. The normalized spacial score (nSPS) is 11.9. The number of methoxy groups -OCH3 is 2. The van der Waals surface area contributed by atoms with Crippen molar-refractivity contribution in [3.05, 3.63) is 47.0 Å². The molecule has 0 bridgehead atoms. The van der Waals surface area contributed by atoms with Crippen molar-refractivity contribution in [3.8, 4) is 11.5 Å². The Kier molecular flexibility index (Phi) is 5.38. The summed E-state index contributed by atoms with van der Waals surface area (Å²) >= 11 is 5.82. The van der Waals surface area contributed by atoms with E-state index in [1.807, 2.05) is 4.72 Å². The van der Waals surface area contributed by atoms with Crippen LogP contribution in [0.25, 0.3) is 0 Å². The third kappa shape index (κ3) is 4.29.